The molecule has 0 N–H and O–H groups in total. The molecule has 0 atom stereocenters. The fourth-order valence-electron chi connectivity index (χ4n) is 1.87. The Kier molecular flexibility index (Phi) is 3.82. The second-order valence-electron chi connectivity index (χ2n) is 4.07. The number of aryl methyl sites for hydroxylation is 2. The number of rotatable bonds is 3. The molecule has 1 heterocycles. The van der Waals surface area contributed by atoms with E-state index in [1.54, 1.807) is 23.3 Å². The third-order valence-corrected chi connectivity index (χ3v) is 4.17. The lowest BCUT2D eigenvalue weighted by atomic mass is 10.0. The molecule has 0 bridgehead atoms. The van der Waals surface area contributed by atoms with Crippen LogP contribution in [0.5, 0.6) is 0 Å². The molecule has 5 heteroatoms. The van der Waals surface area contributed by atoms with E-state index in [1.807, 2.05) is 0 Å². The summed E-state index contributed by atoms with van der Waals surface area (Å²) in [6.07, 6.45) is 4.76. The highest BCUT2D eigenvalue weighted by molar-refractivity contribution is 7.11. The summed E-state index contributed by atoms with van der Waals surface area (Å²) in [6.45, 7) is 0.587. The van der Waals surface area contributed by atoms with Gasteiger partial charge in [0.25, 0.3) is 0 Å². The number of amides is 1. The molecule has 1 aromatic rings. The number of carbonyl (C=O) groups is 1. The van der Waals surface area contributed by atoms with Crippen molar-refractivity contribution in [2.45, 2.75) is 32.2 Å². The van der Waals surface area contributed by atoms with Gasteiger partial charge in [0.15, 0.2) is 0 Å². The molecule has 1 amide bonds. The Bertz CT molecular complexity index is 368. The fourth-order valence-corrected chi connectivity index (χ4v) is 3.28. The molecule has 16 heavy (non-hydrogen) atoms. The maximum atomic E-state index is 11.3. The van der Waals surface area contributed by atoms with Gasteiger partial charge in [0, 0.05) is 11.9 Å². The predicted molar refractivity (Wildman–Crippen MR) is 66.0 cm³/mol. The minimum Gasteiger partial charge on any atom is -0.338 e. The molecule has 0 radical (unpaired) electrons. The van der Waals surface area contributed by atoms with Crippen LogP contribution in [-0.4, -0.2) is 28.7 Å². The van der Waals surface area contributed by atoms with Crippen LogP contribution < -0.4 is 0 Å². The van der Waals surface area contributed by atoms with Crippen molar-refractivity contribution in [2.24, 2.45) is 0 Å². The zero-order valence-electron chi connectivity index (χ0n) is 9.33. The number of aromatic nitrogens is 1. The van der Waals surface area contributed by atoms with Crippen molar-refractivity contribution in [1.82, 2.24) is 9.88 Å². The molecule has 0 aliphatic heterocycles. The highest BCUT2D eigenvalue weighted by Gasteiger charge is 2.16. The molecule has 1 aliphatic rings. The van der Waals surface area contributed by atoms with Crippen molar-refractivity contribution in [3.8, 4) is 0 Å². The van der Waals surface area contributed by atoms with Gasteiger partial charge in [-0.05, 0) is 25.7 Å². The first-order valence-corrected chi connectivity index (χ1v) is 6.83. The van der Waals surface area contributed by atoms with E-state index in [2.05, 4.69) is 4.98 Å². The topological polar surface area (TPSA) is 33.2 Å². The lowest BCUT2D eigenvalue weighted by Gasteiger charge is -2.13. The van der Waals surface area contributed by atoms with Gasteiger partial charge in [0.05, 0.1) is 12.2 Å². The smallest absolute Gasteiger partial charge is 0.237 e. The number of hydrogen-bond donors (Lipinski definition) is 0. The monoisotopic (exact) mass is 258 g/mol. The second-order valence-corrected chi connectivity index (χ2v) is 5.50. The summed E-state index contributed by atoms with van der Waals surface area (Å²) in [7, 11) is 1.77. The number of carbonyl (C=O) groups excluding carboxylic acids is 1. The van der Waals surface area contributed by atoms with Gasteiger partial charge in [0.2, 0.25) is 5.91 Å². The third kappa shape index (κ3) is 2.55. The average Bonchev–Trinajstić information content (AvgIpc) is 2.69. The highest BCUT2D eigenvalue weighted by Crippen LogP contribution is 2.27. The van der Waals surface area contributed by atoms with Crippen LogP contribution in [0.3, 0.4) is 0 Å². The first-order valence-electron chi connectivity index (χ1n) is 5.48. The van der Waals surface area contributed by atoms with E-state index >= 15 is 0 Å². The summed E-state index contributed by atoms with van der Waals surface area (Å²) < 4.78 is 0. The molecule has 1 aliphatic carbocycles. The van der Waals surface area contributed by atoms with Crippen molar-refractivity contribution in [1.29, 1.82) is 0 Å². The molecule has 1 aromatic heterocycles. The number of alkyl halides is 1. The highest BCUT2D eigenvalue weighted by atomic mass is 35.5. The summed E-state index contributed by atoms with van der Waals surface area (Å²) in [5.41, 5.74) is 1.25. The average molecular weight is 259 g/mol. The Morgan fingerprint density at radius 2 is 2.25 bits per heavy atom. The molecule has 0 fully saturated rings. The largest absolute Gasteiger partial charge is 0.338 e. The van der Waals surface area contributed by atoms with Crippen LogP contribution in [0.1, 0.15) is 28.4 Å². The fraction of sp³-hybridized carbons (Fsp3) is 0.636. The van der Waals surface area contributed by atoms with Gasteiger partial charge in [-0.3, -0.25) is 4.79 Å². The molecule has 0 unspecified atom stereocenters. The first-order chi connectivity index (χ1) is 7.70. The number of hydrogen-bond acceptors (Lipinski definition) is 3. The molecular weight excluding hydrogens is 244 g/mol. The van der Waals surface area contributed by atoms with Crippen LogP contribution in [0.25, 0.3) is 0 Å². The van der Waals surface area contributed by atoms with Crippen LogP contribution in [-0.2, 0) is 24.2 Å². The lowest BCUT2D eigenvalue weighted by Crippen LogP contribution is -2.27. The Balaban J connectivity index is 2.04. The Hall–Kier alpha value is -0.610. The Morgan fingerprint density at radius 1 is 1.50 bits per heavy atom. The minimum absolute atomic E-state index is 0.0432. The van der Waals surface area contributed by atoms with Crippen molar-refractivity contribution < 1.29 is 4.79 Å². The Morgan fingerprint density at radius 3 is 2.94 bits per heavy atom. The first kappa shape index (κ1) is 11.9. The number of thiazole rings is 1. The van der Waals surface area contributed by atoms with E-state index < -0.39 is 0 Å². The van der Waals surface area contributed by atoms with Gasteiger partial charge in [-0.1, -0.05) is 0 Å². The predicted octanol–water partition coefficient (Wildman–Crippen LogP) is 2.22. The van der Waals surface area contributed by atoms with Crippen molar-refractivity contribution in [2.75, 3.05) is 12.9 Å². The van der Waals surface area contributed by atoms with E-state index in [1.165, 1.54) is 23.4 Å². The SMILES string of the molecule is CN(Cc1nc2c(s1)CCCC2)C(=O)CCl. The van der Waals surface area contributed by atoms with Crippen molar-refractivity contribution in [3.05, 3.63) is 15.6 Å². The van der Waals surface area contributed by atoms with Crippen LogP contribution in [0.2, 0.25) is 0 Å². The zero-order valence-corrected chi connectivity index (χ0v) is 10.9. The number of halogens is 1. The molecule has 3 nitrogen and oxygen atoms in total. The standard InChI is InChI=1S/C11H15ClN2OS/c1-14(11(15)6-12)7-10-13-8-4-2-3-5-9(8)16-10/h2-7H2,1H3. The zero-order chi connectivity index (χ0) is 11.5. The van der Waals surface area contributed by atoms with Crippen molar-refractivity contribution >= 4 is 28.8 Å². The van der Waals surface area contributed by atoms with E-state index in [-0.39, 0.29) is 11.8 Å². The quantitative estimate of drug-likeness (QED) is 0.779. The summed E-state index contributed by atoms with van der Waals surface area (Å²) in [5, 5.41) is 1.04. The molecule has 2 rings (SSSR count). The maximum Gasteiger partial charge on any atom is 0.237 e. The molecule has 0 aromatic carbocycles. The van der Waals surface area contributed by atoms with E-state index in [9.17, 15) is 4.79 Å². The maximum absolute atomic E-state index is 11.3. The van der Waals surface area contributed by atoms with E-state index in [4.69, 9.17) is 11.6 Å². The molecule has 88 valence electrons. The lowest BCUT2D eigenvalue weighted by molar-refractivity contribution is -0.127. The second kappa shape index (κ2) is 5.15. The van der Waals surface area contributed by atoms with Crippen molar-refractivity contribution in [3.63, 3.8) is 0 Å². The van der Waals surface area contributed by atoms with Crippen LogP contribution in [0, 0.1) is 0 Å². The third-order valence-electron chi connectivity index (χ3n) is 2.80. The normalized spacial score (nSPS) is 14.6. The molecular formula is C11H15ClN2OS. The summed E-state index contributed by atoms with van der Waals surface area (Å²) in [5.74, 6) is -0.00320. The molecule has 0 spiro atoms. The van der Waals surface area contributed by atoms with Crippen LogP contribution in [0.15, 0.2) is 0 Å². The number of nitrogens with zero attached hydrogens (tertiary/aromatic N) is 2. The van der Waals surface area contributed by atoms with Gasteiger partial charge in [-0.2, -0.15) is 0 Å². The van der Waals surface area contributed by atoms with Gasteiger partial charge < -0.3 is 4.90 Å². The molecule has 0 saturated carbocycles. The molecule has 0 saturated heterocycles. The van der Waals surface area contributed by atoms with Gasteiger partial charge in [0.1, 0.15) is 10.9 Å². The van der Waals surface area contributed by atoms with Crippen LogP contribution >= 0.6 is 22.9 Å². The van der Waals surface area contributed by atoms with Gasteiger partial charge in [-0.25, -0.2) is 4.98 Å². The van der Waals surface area contributed by atoms with Gasteiger partial charge in [-0.15, -0.1) is 22.9 Å². The summed E-state index contributed by atoms with van der Waals surface area (Å²) >= 11 is 7.25. The van der Waals surface area contributed by atoms with Crippen LogP contribution in [0.4, 0.5) is 0 Å². The van der Waals surface area contributed by atoms with Gasteiger partial charge >= 0.3 is 0 Å². The summed E-state index contributed by atoms with van der Waals surface area (Å²) in [4.78, 5) is 19.0. The number of fused-ring (bicyclic) bond motifs is 1. The summed E-state index contributed by atoms with van der Waals surface area (Å²) in [6, 6.07) is 0. The Labute approximate surface area is 104 Å². The minimum atomic E-state index is -0.0464. The van der Waals surface area contributed by atoms with E-state index in [0.29, 0.717) is 6.54 Å². The van der Waals surface area contributed by atoms with E-state index in [0.717, 1.165) is 17.8 Å².